The number of furan rings is 1. The van der Waals surface area contributed by atoms with E-state index >= 15 is 0 Å². The number of allylic oxidation sites excluding steroid dienone is 3. The van der Waals surface area contributed by atoms with Crippen molar-refractivity contribution in [3.63, 3.8) is 0 Å². The van der Waals surface area contributed by atoms with Crippen LogP contribution < -0.4 is 0 Å². The molecule has 0 N–H and O–H groups in total. The molecule has 0 bridgehead atoms. The van der Waals surface area contributed by atoms with Crippen LogP contribution in [0.25, 0.3) is 5.57 Å². The van der Waals surface area contributed by atoms with Crippen LogP contribution in [0.15, 0.2) is 34.7 Å². The fraction of sp³-hybridized carbons (Fsp3) is 0.450. The zero-order chi connectivity index (χ0) is 18.6. The third-order valence-electron chi connectivity index (χ3n) is 5.33. The molecule has 1 aromatic heterocycles. The Bertz CT molecular complexity index is 836. The number of ether oxygens (including phenoxy) is 1. The quantitative estimate of drug-likeness (QED) is 0.614. The van der Waals surface area contributed by atoms with E-state index in [1.54, 1.807) is 12.1 Å². The molecule has 0 aromatic carbocycles. The first-order chi connectivity index (χ1) is 11.6. The van der Waals surface area contributed by atoms with Crippen molar-refractivity contribution in [3.05, 3.63) is 41.6 Å². The van der Waals surface area contributed by atoms with Gasteiger partial charge in [-0.25, -0.2) is 0 Å². The summed E-state index contributed by atoms with van der Waals surface area (Å²) in [6.45, 7) is 8.79. The molecule has 3 rings (SSSR count). The van der Waals surface area contributed by atoms with E-state index < -0.39 is 11.4 Å². The Labute approximate surface area is 146 Å². The lowest BCUT2D eigenvalue weighted by atomic mass is 9.57. The molecule has 2 atom stereocenters. The van der Waals surface area contributed by atoms with Gasteiger partial charge in [0.1, 0.15) is 5.76 Å². The molecule has 0 aliphatic heterocycles. The van der Waals surface area contributed by atoms with Crippen molar-refractivity contribution in [2.75, 3.05) is 0 Å². The van der Waals surface area contributed by atoms with Crippen LogP contribution in [0.1, 0.15) is 57.2 Å². The van der Waals surface area contributed by atoms with Crippen molar-refractivity contribution >= 4 is 23.1 Å². The Kier molecular flexibility index (Phi) is 3.86. The van der Waals surface area contributed by atoms with E-state index in [1.807, 2.05) is 26.8 Å². The van der Waals surface area contributed by atoms with Gasteiger partial charge in [-0.05, 0) is 42.6 Å². The van der Waals surface area contributed by atoms with Gasteiger partial charge < -0.3 is 9.15 Å². The molecule has 2 aliphatic rings. The minimum absolute atomic E-state index is 0.00540. The molecule has 25 heavy (non-hydrogen) atoms. The predicted molar refractivity (Wildman–Crippen MR) is 91.5 cm³/mol. The summed E-state index contributed by atoms with van der Waals surface area (Å²) in [4.78, 5) is 36.0. The smallest absolute Gasteiger partial charge is 0.307 e. The first-order valence-corrected chi connectivity index (χ1v) is 8.32. The van der Waals surface area contributed by atoms with Crippen LogP contribution in [0.3, 0.4) is 0 Å². The van der Waals surface area contributed by atoms with E-state index in [9.17, 15) is 14.4 Å². The van der Waals surface area contributed by atoms with Crippen molar-refractivity contribution in [1.29, 1.82) is 0 Å². The molecule has 5 nitrogen and oxygen atoms in total. The van der Waals surface area contributed by atoms with Crippen molar-refractivity contribution in [2.24, 2.45) is 16.7 Å². The van der Waals surface area contributed by atoms with Gasteiger partial charge in [0, 0.05) is 25.3 Å². The molecule has 0 saturated heterocycles. The van der Waals surface area contributed by atoms with Crippen LogP contribution in [0.4, 0.5) is 0 Å². The summed E-state index contributed by atoms with van der Waals surface area (Å²) >= 11 is 0. The fourth-order valence-corrected chi connectivity index (χ4v) is 4.29. The molecule has 0 unspecified atom stereocenters. The second kappa shape index (κ2) is 5.55. The molecule has 0 amide bonds. The van der Waals surface area contributed by atoms with Gasteiger partial charge in [0.15, 0.2) is 17.3 Å². The zero-order valence-corrected chi connectivity index (χ0v) is 15.1. The van der Waals surface area contributed by atoms with Crippen molar-refractivity contribution in [1.82, 2.24) is 0 Å². The molecule has 0 radical (unpaired) electrons. The summed E-state index contributed by atoms with van der Waals surface area (Å²) in [6, 6.07) is 1.64. The number of carbonyl (C=O) groups excluding carboxylic acids is 3. The Morgan fingerprint density at radius 1 is 1.24 bits per heavy atom. The van der Waals surface area contributed by atoms with Crippen molar-refractivity contribution in [2.45, 2.75) is 41.0 Å². The summed E-state index contributed by atoms with van der Waals surface area (Å²) in [5, 5.41) is 0. The predicted octanol–water partition coefficient (Wildman–Crippen LogP) is 3.95. The number of carbonyl (C=O) groups is 3. The van der Waals surface area contributed by atoms with Crippen molar-refractivity contribution in [3.8, 4) is 0 Å². The number of hydrogen-bond acceptors (Lipinski definition) is 5. The van der Waals surface area contributed by atoms with Gasteiger partial charge in [0.2, 0.25) is 0 Å². The van der Waals surface area contributed by atoms with E-state index in [1.165, 1.54) is 20.1 Å². The van der Waals surface area contributed by atoms with Crippen LogP contribution in [-0.2, 0) is 14.3 Å². The van der Waals surface area contributed by atoms with E-state index in [-0.39, 0.29) is 28.7 Å². The average Bonchev–Trinajstić information content (AvgIpc) is 3.06. The third kappa shape index (κ3) is 2.58. The first kappa shape index (κ1) is 17.4. The summed E-state index contributed by atoms with van der Waals surface area (Å²) in [5.74, 6) is -0.204. The van der Waals surface area contributed by atoms with Gasteiger partial charge in [-0.3, -0.25) is 14.4 Å². The summed E-state index contributed by atoms with van der Waals surface area (Å²) in [5.41, 5.74) is 0.335. The van der Waals surface area contributed by atoms with Crippen LogP contribution in [0.5, 0.6) is 0 Å². The maximum atomic E-state index is 12.8. The Hall–Kier alpha value is -2.43. The topological polar surface area (TPSA) is 73.6 Å². The molecule has 5 heteroatoms. The van der Waals surface area contributed by atoms with Gasteiger partial charge in [-0.15, -0.1) is 0 Å². The van der Waals surface area contributed by atoms with Crippen LogP contribution in [0.2, 0.25) is 0 Å². The molecule has 0 spiro atoms. The van der Waals surface area contributed by atoms with Gasteiger partial charge in [-0.2, -0.15) is 0 Å². The minimum Gasteiger partial charge on any atom is -0.461 e. The summed E-state index contributed by atoms with van der Waals surface area (Å²) in [6.07, 6.45) is 5.63. The van der Waals surface area contributed by atoms with Crippen molar-refractivity contribution < 1.29 is 23.5 Å². The molecule has 0 saturated carbocycles. The zero-order valence-electron chi connectivity index (χ0n) is 15.1. The molecule has 132 valence electrons. The fourth-order valence-electron chi connectivity index (χ4n) is 4.29. The minimum atomic E-state index is -0.775. The Balaban J connectivity index is 2.15. The monoisotopic (exact) mass is 342 g/mol. The largest absolute Gasteiger partial charge is 0.461 e. The normalized spacial score (nSPS) is 27.4. The van der Waals surface area contributed by atoms with Crippen LogP contribution in [0, 0.1) is 16.7 Å². The summed E-state index contributed by atoms with van der Waals surface area (Å²) in [7, 11) is 0. The second-order valence-corrected chi connectivity index (χ2v) is 7.71. The lowest BCUT2D eigenvalue weighted by Crippen LogP contribution is -2.44. The van der Waals surface area contributed by atoms with E-state index in [4.69, 9.17) is 9.15 Å². The number of fused-ring (bicyclic) bond motifs is 1. The SMILES string of the molecule is CC(=O)OC1=CCC(C)(C)[C@@H]2C(=O)C=C(c3coc(C(C)=O)c3)[C@]12C. The van der Waals surface area contributed by atoms with Crippen LogP contribution in [-0.4, -0.2) is 17.5 Å². The second-order valence-electron chi connectivity index (χ2n) is 7.71. The lowest BCUT2D eigenvalue weighted by molar-refractivity contribution is -0.141. The molecule has 1 heterocycles. The maximum Gasteiger partial charge on any atom is 0.307 e. The molecule has 0 fully saturated rings. The van der Waals surface area contributed by atoms with E-state index in [0.29, 0.717) is 17.7 Å². The maximum absolute atomic E-state index is 12.8. The average molecular weight is 342 g/mol. The molecular formula is C20H22O5. The van der Waals surface area contributed by atoms with Gasteiger partial charge in [0.25, 0.3) is 0 Å². The molecular weight excluding hydrogens is 320 g/mol. The highest BCUT2D eigenvalue weighted by Crippen LogP contribution is 2.61. The Morgan fingerprint density at radius 2 is 1.92 bits per heavy atom. The van der Waals surface area contributed by atoms with Crippen LogP contribution >= 0.6 is 0 Å². The van der Waals surface area contributed by atoms with Gasteiger partial charge in [-0.1, -0.05) is 13.8 Å². The highest BCUT2D eigenvalue weighted by molar-refractivity contribution is 6.07. The van der Waals surface area contributed by atoms with E-state index in [0.717, 1.165) is 5.57 Å². The van der Waals surface area contributed by atoms with E-state index in [2.05, 4.69) is 0 Å². The lowest BCUT2D eigenvalue weighted by Gasteiger charge is -2.46. The summed E-state index contributed by atoms with van der Waals surface area (Å²) < 4.78 is 10.8. The number of ketones is 2. The Morgan fingerprint density at radius 3 is 2.48 bits per heavy atom. The van der Waals surface area contributed by atoms with Gasteiger partial charge in [0.05, 0.1) is 11.7 Å². The first-order valence-electron chi connectivity index (χ1n) is 8.32. The number of Topliss-reactive ketones (excluding diaryl/α,β-unsaturated/α-hetero) is 1. The molecule has 2 aliphatic carbocycles. The van der Waals surface area contributed by atoms with Gasteiger partial charge >= 0.3 is 5.97 Å². The highest BCUT2D eigenvalue weighted by atomic mass is 16.5. The third-order valence-corrected chi connectivity index (χ3v) is 5.33. The number of rotatable bonds is 3. The highest BCUT2D eigenvalue weighted by Gasteiger charge is 2.58. The number of hydrogen-bond donors (Lipinski definition) is 0. The standard InChI is InChI=1S/C20H22O5/c1-11(21)16-8-13(10-24-16)14-9-15(23)18-19(3,4)7-6-17(20(14,18)5)25-12(2)22/h6,8-10,18H,7H2,1-5H3/t18-,20+/m0/s1. The molecule has 1 aromatic rings. The number of esters is 1.